The molecular weight excluding hydrogens is 503 g/mol. The first kappa shape index (κ1) is 22.5. The number of fused-ring (bicyclic) bond motifs is 4. The van der Waals surface area contributed by atoms with Crippen LogP contribution in [-0.2, 0) is 30.7 Å². The molecule has 0 bridgehead atoms. The lowest BCUT2D eigenvalue weighted by molar-refractivity contribution is 0.177. The van der Waals surface area contributed by atoms with Crippen LogP contribution in [0.5, 0.6) is 0 Å². The quantitative estimate of drug-likeness (QED) is 0.338. The summed E-state index contributed by atoms with van der Waals surface area (Å²) < 4.78 is 7.19. The van der Waals surface area contributed by atoms with E-state index in [0.717, 1.165) is 56.0 Å². The molecule has 2 N–H and O–H groups in total. The topological polar surface area (TPSA) is 76.4 Å². The Hall–Kier alpha value is -1.68. The first-order valence-corrected chi connectivity index (χ1v) is 11.3. The number of nitrogens with one attached hydrogen (secondary N) is 2. The van der Waals surface area contributed by atoms with Crippen LogP contribution in [0.25, 0.3) is 0 Å². The average Bonchev–Trinajstić information content (AvgIpc) is 3.33. The largest absolute Gasteiger partial charge is 0.377 e. The van der Waals surface area contributed by atoms with Gasteiger partial charge in [-0.15, -0.1) is 24.0 Å². The molecule has 1 aliphatic heterocycles. The van der Waals surface area contributed by atoms with Crippen LogP contribution >= 0.6 is 24.0 Å². The number of aryl methyl sites for hydroxylation is 2. The van der Waals surface area contributed by atoms with E-state index in [-0.39, 0.29) is 24.0 Å². The third-order valence-electron chi connectivity index (χ3n) is 6.81. The van der Waals surface area contributed by atoms with Crippen molar-refractivity contribution >= 4 is 29.9 Å². The number of rotatable bonds is 6. The normalized spacial score (nSPS) is 26.2. The number of aliphatic imine (C=N–C) groups is 1. The van der Waals surface area contributed by atoms with Gasteiger partial charge >= 0.3 is 0 Å². The summed E-state index contributed by atoms with van der Waals surface area (Å²) in [7, 11) is 1.68. The zero-order valence-electron chi connectivity index (χ0n) is 18.4. The van der Waals surface area contributed by atoms with Gasteiger partial charge in [-0.2, -0.15) is 5.10 Å². The molecule has 0 spiro atoms. The zero-order chi connectivity index (χ0) is 20.5. The standard InChI is InChI=1S/C23H32N6O.HI/c1-3-24-23(26-16-9-11-21-27-20(14-30-2)28-29(21)13-16)25-12-19-18-10-8-15-6-4-5-7-17(15)22(18)19;/h4-7,16,18-19,22H,3,8-14H2,1-2H3,(H2,24,25,26);1H. The van der Waals surface area contributed by atoms with E-state index in [4.69, 9.17) is 9.73 Å². The third kappa shape index (κ3) is 4.74. The van der Waals surface area contributed by atoms with Gasteiger partial charge in [0, 0.05) is 32.7 Å². The molecule has 3 aliphatic rings. The number of halogens is 1. The Kier molecular flexibility index (Phi) is 7.15. The van der Waals surface area contributed by atoms with E-state index >= 15 is 0 Å². The number of benzene rings is 1. The van der Waals surface area contributed by atoms with Gasteiger partial charge in [0.1, 0.15) is 12.4 Å². The van der Waals surface area contributed by atoms with Gasteiger partial charge in [0.15, 0.2) is 11.8 Å². The number of aromatic nitrogens is 3. The molecule has 4 atom stereocenters. The summed E-state index contributed by atoms with van der Waals surface area (Å²) in [6, 6.07) is 9.30. The SMILES string of the molecule is CCNC(=NCC1C2CCc3ccccc3C21)NC1CCc2nc(COC)nn2C1.I. The second-order valence-corrected chi connectivity index (χ2v) is 8.75. The van der Waals surface area contributed by atoms with Crippen molar-refractivity contribution in [2.75, 3.05) is 20.2 Å². The predicted molar refractivity (Wildman–Crippen MR) is 132 cm³/mol. The molecule has 168 valence electrons. The zero-order valence-corrected chi connectivity index (χ0v) is 20.7. The van der Waals surface area contributed by atoms with Gasteiger partial charge < -0.3 is 15.4 Å². The van der Waals surface area contributed by atoms with Gasteiger partial charge in [0.25, 0.3) is 0 Å². The summed E-state index contributed by atoms with van der Waals surface area (Å²) in [5.41, 5.74) is 3.12. The maximum Gasteiger partial charge on any atom is 0.191 e. The van der Waals surface area contributed by atoms with Crippen molar-refractivity contribution in [2.45, 2.75) is 57.7 Å². The summed E-state index contributed by atoms with van der Waals surface area (Å²) in [5.74, 6) is 4.98. The Morgan fingerprint density at radius 1 is 1.26 bits per heavy atom. The van der Waals surface area contributed by atoms with E-state index in [0.29, 0.717) is 24.5 Å². The van der Waals surface area contributed by atoms with E-state index in [9.17, 15) is 0 Å². The Balaban J connectivity index is 0.00000231. The summed E-state index contributed by atoms with van der Waals surface area (Å²) in [6.07, 6.45) is 4.51. The van der Waals surface area contributed by atoms with Crippen LogP contribution in [0.2, 0.25) is 0 Å². The van der Waals surface area contributed by atoms with E-state index < -0.39 is 0 Å². The molecule has 1 saturated carbocycles. The maximum absolute atomic E-state index is 5.17. The second-order valence-electron chi connectivity index (χ2n) is 8.75. The summed E-state index contributed by atoms with van der Waals surface area (Å²) >= 11 is 0. The summed E-state index contributed by atoms with van der Waals surface area (Å²) in [5, 5.41) is 11.7. The molecule has 2 heterocycles. The monoisotopic (exact) mass is 536 g/mol. The van der Waals surface area contributed by atoms with Crippen LogP contribution in [0.15, 0.2) is 29.3 Å². The fourth-order valence-electron chi connectivity index (χ4n) is 5.34. The van der Waals surface area contributed by atoms with Crippen molar-refractivity contribution < 1.29 is 4.74 Å². The first-order valence-electron chi connectivity index (χ1n) is 11.3. The summed E-state index contributed by atoms with van der Waals surface area (Å²) in [4.78, 5) is 9.56. The Morgan fingerprint density at radius 2 is 2.13 bits per heavy atom. The Morgan fingerprint density at radius 3 is 2.97 bits per heavy atom. The minimum Gasteiger partial charge on any atom is -0.377 e. The highest BCUT2D eigenvalue weighted by atomic mass is 127. The molecule has 1 aromatic heterocycles. The number of hydrogen-bond donors (Lipinski definition) is 2. The molecule has 8 heteroatoms. The molecule has 2 aromatic rings. The van der Waals surface area contributed by atoms with Crippen molar-refractivity contribution in [1.29, 1.82) is 0 Å². The molecule has 0 radical (unpaired) electrons. The molecular formula is C23H33IN6O. The number of guanidine groups is 1. The van der Waals surface area contributed by atoms with Crippen molar-refractivity contribution in [3.8, 4) is 0 Å². The third-order valence-corrected chi connectivity index (χ3v) is 6.81. The Bertz CT molecular complexity index is 929. The van der Waals surface area contributed by atoms with Gasteiger partial charge in [-0.1, -0.05) is 24.3 Å². The van der Waals surface area contributed by atoms with E-state index in [2.05, 4.69) is 51.9 Å². The van der Waals surface area contributed by atoms with Crippen molar-refractivity contribution in [3.63, 3.8) is 0 Å². The van der Waals surface area contributed by atoms with Crippen LogP contribution in [0.4, 0.5) is 0 Å². The highest BCUT2D eigenvalue weighted by molar-refractivity contribution is 14.0. The first-order chi connectivity index (χ1) is 14.8. The fraction of sp³-hybridized carbons (Fsp3) is 0.609. The van der Waals surface area contributed by atoms with Crippen molar-refractivity contribution in [1.82, 2.24) is 25.4 Å². The predicted octanol–water partition coefficient (Wildman–Crippen LogP) is 2.89. The van der Waals surface area contributed by atoms with Crippen molar-refractivity contribution in [2.24, 2.45) is 16.8 Å². The summed E-state index contributed by atoms with van der Waals surface area (Å²) in [6.45, 7) is 5.18. The lowest BCUT2D eigenvalue weighted by atomic mass is 9.92. The highest BCUT2D eigenvalue weighted by Gasteiger charge is 2.52. The maximum atomic E-state index is 5.17. The average molecular weight is 536 g/mol. The van der Waals surface area contributed by atoms with Crippen LogP contribution in [0.1, 0.15) is 48.5 Å². The van der Waals surface area contributed by atoms with Gasteiger partial charge in [0.2, 0.25) is 0 Å². The number of hydrogen-bond acceptors (Lipinski definition) is 4. The molecule has 4 unspecified atom stereocenters. The lowest BCUT2D eigenvalue weighted by Gasteiger charge is -2.25. The molecule has 1 aromatic carbocycles. The molecule has 7 nitrogen and oxygen atoms in total. The molecule has 31 heavy (non-hydrogen) atoms. The van der Waals surface area contributed by atoms with Gasteiger partial charge in [0.05, 0.1) is 6.54 Å². The van der Waals surface area contributed by atoms with Crippen LogP contribution in [0, 0.1) is 11.8 Å². The molecule has 5 rings (SSSR count). The lowest BCUT2D eigenvalue weighted by Crippen LogP contribution is -2.47. The Labute approximate surface area is 201 Å². The minimum absolute atomic E-state index is 0. The van der Waals surface area contributed by atoms with Gasteiger partial charge in [-0.05, 0) is 55.1 Å². The molecule has 1 fully saturated rings. The van der Waals surface area contributed by atoms with E-state index in [1.165, 1.54) is 12.8 Å². The van der Waals surface area contributed by atoms with Gasteiger partial charge in [-0.3, -0.25) is 4.99 Å². The fourth-order valence-corrected chi connectivity index (χ4v) is 5.34. The van der Waals surface area contributed by atoms with E-state index in [1.807, 2.05) is 4.68 Å². The van der Waals surface area contributed by atoms with Crippen LogP contribution in [-0.4, -0.2) is 47.0 Å². The smallest absolute Gasteiger partial charge is 0.191 e. The highest BCUT2D eigenvalue weighted by Crippen LogP contribution is 2.59. The molecule has 2 aliphatic carbocycles. The second kappa shape index (κ2) is 9.85. The van der Waals surface area contributed by atoms with Crippen LogP contribution in [0.3, 0.4) is 0 Å². The van der Waals surface area contributed by atoms with Gasteiger partial charge in [-0.25, -0.2) is 9.67 Å². The van der Waals surface area contributed by atoms with E-state index in [1.54, 1.807) is 18.2 Å². The number of methoxy groups -OCH3 is 1. The molecule has 0 saturated heterocycles. The number of ether oxygens (including phenoxy) is 1. The number of nitrogens with zero attached hydrogens (tertiary/aromatic N) is 4. The van der Waals surface area contributed by atoms with Crippen LogP contribution < -0.4 is 10.6 Å². The minimum atomic E-state index is 0. The van der Waals surface area contributed by atoms with Crippen molar-refractivity contribution in [3.05, 3.63) is 47.0 Å². The molecule has 0 amide bonds.